The van der Waals surface area contributed by atoms with Crippen LogP contribution in [0.3, 0.4) is 0 Å². The summed E-state index contributed by atoms with van der Waals surface area (Å²) >= 11 is 0. The van der Waals surface area contributed by atoms with E-state index < -0.39 is 0 Å². The summed E-state index contributed by atoms with van der Waals surface area (Å²) in [6, 6.07) is 16.3. The highest BCUT2D eigenvalue weighted by Crippen LogP contribution is 2.13. The largest absolute Gasteiger partial charge is 0.349 e. The molecule has 0 aliphatic carbocycles. The highest BCUT2D eigenvalue weighted by molar-refractivity contribution is 5.95. The molecule has 1 unspecified atom stereocenters. The molecule has 0 aliphatic heterocycles. The number of hydrogen-bond acceptors (Lipinski definition) is 2. The van der Waals surface area contributed by atoms with Gasteiger partial charge in [0.15, 0.2) is 0 Å². The van der Waals surface area contributed by atoms with Crippen molar-refractivity contribution >= 4 is 17.5 Å². The Bertz CT molecular complexity index is 653. The zero-order chi connectivity index (χ0) is 15.9. The van der Waals surface area contributed by atoms with Crippen LogP contribution in [-0.4, -0.2) is 17.9 Å². The van der Waals surface area contributed by atoms with Gasteiger partial charge in [-0.3, -0.25) is 9.59 Å². The molecule has 22 heavy (non-hydrogen) atoms. The third-order valence-corrected chi connectivity index (χ3v) is 3.32. The predicted molar refractivity (Wildman–Crippen MR) is 87.8 cm³/mol. The van der Waals surface area contributed by atoms with Gasteiger partial charge in [0.1, 0.15) is 0 Å². The first-order valence-corrected chi connectivity index (χ1v) is 7.27. The summed E-state index contributed by atoms with van der Waals surface area (Å²) < 4.78 is 0. The number of rotatable bonds is 5. The first-order chi connectivity index (χ1) is 10.6. The summed E-state index contributed by atoms with van der Waals surface area (Å²) in [5.74, 6) is -0.285. The Kier molecular flexibility index (Phi) is 5.31. The monoisotopic (exact) mass is 296 g/mol. The van der Waals surface area contributed by atoms with Crippen LogP contribution in [0.5, 0.6) is 0 Å². The molecular weight excluding hydrogens is 276 g/mol. The quantitative estimate of drug-likeness (QED) is 0.890. The van der Waals surface area contributed by atoms with Gasteiger partial charge in [-0.1, -0.05) is 36.4 Å². The van der Waals surface area contributed by atoms with Gasteiger partial charge >= 0.3 is 0 Å². The van der Waals surface area contributed by atoms with Crippen LogP contribution in [0.25, 0.3) is 0 Å². The molecule has 0 aromatic heterocycles. The number of aryl methyl sites for hydroxylation is 1. The molecule has 2 aromatic rings. The number of benzene rings is 2. The fraction of sp³-hybridized carbons (Fsp3) is 0.222. The fourth-order valence-corrected chi connectivity index (χ4v) is 2.14. The van der Waals surface area contributed by atoms with Gasteiger partial charge in [0.2, 0.25) is 5.91 Å². The first-order valence-electron chi connectivity index (χ1n) is 7.27. The van der Waals surface area contributed by atoms with E-state index in [1.807, 2.05) is 56.3 Å². The minimum atomic E-state index is -0.239. The molecule has 2 rings (SSSR count). The highest BCUT2D eigenvalue weighted by Gasteiger charge is 2.13. The lowest BCUT2D eigenvalue weighted by atomic mass is 10.1. The van der Waals surface area contributed by atoms with Crippen LogP contribution < -0.4 is 10.6 Å². The fourth-order valence-electron chi connectivity index (χ4n) is 2.14. The van der Waals surface area contributed by atoms with Crippen molar-refractivity contribution in [2.75, 3.05) is 5.32 Å². The van der Waals surface area contributed by atoms with Crippen molar-refractivity contribution in [3.05, 3.63) is 65.7 Å². The van der Waals surface area contributed by atoms with Gasteiger partial charge in [-0.25, -0.2) is 0 Å². The molecule has 0 heterocycles. The van der Waals surface area contributed by atoms with E-state index in [0.29, 0.717) is 5.56 Å². The number of amides is 2. The summed E-state index contributed by atoms with van der Waals surface area (Å²) in [7, 11) is 0. The van der Waals surface area contributed by atoms with Crippen LogP contribution in [0.2, 0.25) is 0 Å². The Morgan fingerprint density at radius 3 is 2.32 bits per heavy atom. The lowest BCUT2D eigenvalue weighted by Crippen LogP contribution is -2.35. The van der Waals surface area contributed by atoms with Gasteiger partial charge in [0.25, 0.3) is 5.91 Å². The standard InChI is InChI=1S/C18H20N2O2/c1-13-8-6-7-11-16(13)20-17(21)12-14(2)19-18(22)15-9-4-3-5-10-15/h3-11,14H,12H2,1-2H3,(H,19,22)(H,20,21). The van der Waals surface area contributed by atoms with E-state index in [-0.39, 0.29) is 24.3 Å². The first kappa shape index (κ1) is 15.8. The summed E-state index contributed by atoms with van der Waals surface area (Å²) in [5.41, 5.74) is 2.40. The Hall–Kier alpha value is -2.62. The number of nitrogens with one attached hydrogen (secondary N) is 2. The molecular formula is C18H20N2O2. The average molecular weight is 296 g/mol. The van der Waals surface area contributed by atoms with Crippen molar-refractivity contribution in [3.63, 3.8) is 0 Å². The van der Waals surface area contributed by atoms with Gasteiger partial charge in [0, 0.05) is 23.7 Å². The number of carbonyl (C=O) groups excluding carboxylic acids is 2. The van der Waals surface area contributed by atoms with Gasteiger partial charge in [0.05, 0.1) is 0 Å². The lowest BCUT2D eigenvalue weighted by molar-refractivity contribution is -0.116. The van der Waals surface area contributed by atoms with Crippen LogP contribution in [0, 0.1) is 6.92 Å². The highest BCUT2D eigenvalue weighted by atomic mass is 16.2. The Morgan fingerprint density at radius 1 is 1.00 bits per heavy atom. The molecule has 1 atom stereocenters. The number of carbonyl (C=O) groups is 2. The van der Waals surface area contributed by atoms with Crippen LogP contribution >= 0.6 is 0 Å². The predicted octanol–water partition coefficient (Wildman–Crippen LogP) is 3.14. The second-order valence-corrected chi connectivity index (χ2v) is 5.31. The molecule has 0 saturated carbocycles. The van der Waals surface area contributed by atoms with Crippen LogP contribution in [0.15, 0.2) is 54.6 Å². The maximum Gasteiger partial charge on any atom is 0.251 e. The second-order valence-electron chi connectivity index (χ2n) is 5.31. The van der Waals surface area contributed by atoms with Crippen molar-refractivity contribution in [1.82, 2.24) is 5.32 Å². The zero-order valence-corrected chi connectivity index (χ0v) is 12.8. The molecule has 114 valence electrons. The second kappa shape index (κ2) is 7.41. The normalized spacial score (nSPS) is 11.5. The summed E-state index contributed by atoms with van der Waals surface area (Å²) in [5, 5.41) is 5.69. The topological polar surface area (TPSA) is 58.2 Å². The van der Waals surface area contributed by atoms with Gasteiger partial charge in [-0.15, -0.1) is 0 Å². The smallest absolute Gasteiger partial charge is 0.251 e. The molecule has 0 aliphatic rings. The van der Waals surface area contributed by atoms with Crippen molar-refractivity contribution < 1.29 is 9.59 Å². The molecule has 0 bridgehead atoms. The molecule has 2 aromatic carbocycles. The molecule has 4 heteroatoms. The molecule has 2 N–H and O–H groups in total. The molecule has 0 saturated heterocycles. The zero-order valence-electron chi connectivity index (χ0n) is 12.8. The van der Waals surface area contributed by atoms with Gasteiger partial charge in [-0.2, -0.15) is 0 Å². The van der Waals surface area contributed by atoms with Crippen molar-refractivity contribution in [2.45, 2.75) is 26.3 Å². The molecule has 2 amide bonds. The molecule has 0 fully saturated rings. The molecule has 4 nitrogen and oxygen atoms in total. The van der Waals surface area contributed by atoms with Crippen molar-refractivity contribution in [2.24, 2.45) is 0 Å². The lowest BCUT2D eigenvalue weighted by Gasteiger charge is -2.14. The Balaban J connectivity index is 1.87. The minimum Gasteiger partial charge on any atom is -0.349 e. The maximum atomic E-state index is 12.0. The van der Waals surface area contributed by atoms with Gasteiger partial charge in [-0.05, 0) is 37.6 Å². The van der Waals surface area contributed by atoms with Crippen LogP contribution in [0.4, 0.5) is 5.69 Å². The van der Waals surface area contributed by atoms with E-state index >= 15 is 0 Å². The third kappa shape index (κ3) is 4.45. The average Bonchev–Trinajstić information content (AvgIpc) is 2.50. The van der Waals surface area contributed by atoms with Crippen LogP contribution in [-0.2, 0) is 4.79 Å². The SMILES string of the molecule is Cc1ccccc1NC(=O)CC(C)NC(=O)c1ccccc1. The molecule has 0 radical (unpaired) electrons. The Morgan fingerprint density at radius 2 is 1.64 bits per heavy atom. The maximum absolute atomic E-state index is 12.0. The Labute approximate surface area is 130 Å². The van der Waals surface area contributed by atoms with E-state index in [1.165, 1.54) is 0 Å². The van der Waals surface area contributed by atoms with E-state index in [2.05, 4.69) is 10.6 Å². The summed E-state index contributed by atoms with van der Waals surface area (Å²) in [6.45, 7) is 3.76. The number of hydrogen-bond donors (Lipinski definition) is 2. The van der Waals surface area contributed by atoms with E-state index in [1.54, 1.807) is 12.1 Å². The van der Waals surface area contributed by atoms with Gasteiger partial charge < -0.3 is 10.6 Å². The van der Waals surface area contributed by atoms with Crippen LogP contribution in [0.1, 0.15) is 29.3 Å². The van der Waals surface area contributed by atoms with E-state index in [0.717, 1.165) is 11.3 Å². The summed E-state index contributed by atoms with van der Waals surface area (Å²) in [6.07, 6.45) is 0.229. The van der Waals surface area contributed by atoms with Crippen molar-refractivity contribution in [3.8, 4) is 0 Å². The number of anilines is 1. The number of para-hydroxylation sites is 1. The summed E-state index contributed by atoms with van der Waals surface area (Å²) in [4.78, 5) is 24.0. The third-order valence-electron chi connectivity index (χ3n) is 3.32. The van der Waals surface area contributed by atoms with E-state index in [4.69, 9.17) is 0 Å². The minimum absolute atomic E-state index is 0.116. The van der Waals surface area contributed by atoms with E-state index in [9.17, 15) is 9.59 Å². The molecule has 0 spiro atoms. The van der Waals surface area contributed by atoms with Crippen molar-refractivity contribution in [1.29, 1.82) is 0 Å².